The van der Waals surface area contributed by atoms with Crippen LogP contribution in [0.3, 0.4) is 0 Å². The zero-order valence-corrected chi connectivity index (χ0v) is 15.7. The first-order valence-electron chi connectivity index (χ1n) is 9.91. The van der Waals surface area contributed by atoms with Crippen molar-refractivity contribution in [1.82, 2.24) is 10.2 Å². The Bertz CT molecular complexity index is 605. The number of carbonyl (C=O) groups excluding carboxylic acids is 2. The van der Waals surface area contributed by atoms with Crippen LogP contribution in [0, 0.1) is 0 Å². The maximum absolute atomic E-state index is 12.2. The van der Waals surface area contributed by atoms with Crippen LogP contribution in [0.15, 0.2) is 30.3 Å². The lowest BCUT2D eigenvalue weighted by Crippen LogP contribution is -2.37. The Morgan fingerprint density at radius 2 is 1.96 bits per heavy atom. The number of urea groups is 1. The number of Topliss-reactive ketones (excluding diaryl/α,β-unsaturated/α-hetero) is 1. The Morgan fingerprint density at radius 1 is 1.15 bits per heavy atom. The molecular weight excluding hydrogens is 328 g/mol. The topological polar surface area (TPSA) is 58.6 Å². The van der Waals surface area contributed by atoms with Gasteiger partial charge in [0, 0.05) is 19.4 Å². The number of benzene rings is 1. The highest BCUT2D eigenvalue weighted by atomic mass is 16.5. The third-order valence-corrected chi connectivity index (χ3v) is 5.47. The fraction of sp³-hybridized carbons (Fsp3) is 0.619. The van der Waals surface area contributed by atoms with Crippen molar-refractivity contribution in [2.24, 2.45) is 0 Å². The van der Waals surface area contributed by atoms with Gasteiger partial charge in [-0.2, -0.15) is 0 Å². The number of hydrogen-bond donors (Lipinski definition) is 1. The van der Waals surface area contributed by atoms with Crippen LogP contribution in [0.25, 0.3) is 0 Å². The summed E-state index contributed by atoms with van der Waals surface area (Å²) in [5.74, 6) is 0.254. The monoisotopic (exact) mass is 358 g/mol. The Kier molecular flexibility index (Phi) is 6.67. The summed E-state index contributed by atoms with van der Waals surface area (Å²) in [5.41, 5.74) is 1.17. The first kappa shape index (κ1) is 18.9. The van der Waals surface area contributed by atoms with E-state index in [-0.39, 0.29) is 30.0 Å². The van der Waals surface area contributed by atoms with Crippen LogP contribution in [-0.2, 0) is 16.1 Å². The minimum Gasteiger partial charge on any atom is -0.373 e. The summed E-state index contributed by atoms with van der Waals surface area (Å²) in [6, 6.07) is 10.2. The second-order valence-electron chi connectivity index (χ2n) is 7.47. The number of ketones is 1. The highest BCUT2D eigenvalue weighted by Gasteiger charge is 2.45. The Labute approximate surface area is 156 Å². The molecule has 2 aliphatic rings. The molecule has 5 heteroatoms. The van der Waals surface area contributed by atoms with Gasteiger partial charge in [0.2, 0.25) is 0 Å². The van der Waals surface area contributed by atoms with Crippen LogP contribution in [0.4, 0.5) is 4.79 Å². The summed E-state index contributed by atoms with van der Waals surface area (Å²) in [5, 5.41) is 2.96. The van der Waals surface area contributed by atoms with Crippen molar-refractivity contribution < 1.29 is 14.3 Å². The largest absolute Gasteiger partial charge is 0.373 e. The molecule has 1 aliphatic carbocycles. The molecule has 3 rings (SSSR count). The Morgan fingerprint density at radius 3 is 2.73 bits per heavy atom. The van der Waals surface area contributed by atoms with Gasteiger partial charge in [0.1, 0.15) is 5.78 Å². The van der Waals surface area contributed by atoms with Gasteiger partial charge in [-0.25, -0.2) is 4.79 Å². The predicted octanol–water partition coefficient (Wildman–Crippen LogP) is 3.67. The van der Waals surface area contributed by atoms with Crippen molar-refractivity contribution in [2.45, 2.75) is 76.7 Å². The molecule has 26 heavy (non-hydrogen) atoms. The molecule has 1 N–H and O–H groups in total. The smallest absolute Gasteiger partial charge is 0.318 e. The molecule has 3 atom stereocenters. The van der Waals surface area contributed by atoms with Gasteiger partial charge in [-0.05, 0) is 18.4 Å². The van der Waals surface area contributed by atoms with E-state index in [0.29, 0.717) is 26.0 Å². The molecule has 0 aromatic heterocycles. The van der Waals surface area contributed by atoms with Gasteiger partial charge >= 0.3 is 6.03 Å². The summed E-state index contributed by atoms with van der Waals surface area (Å²) >= 11 is 0. The first-order valence-corrected chi connectivity index (χ1v) is 9.91. The van der Waals surface area contributed by atoms with Crippen LogP contribution < -0.4 is 5.32 Å². The van der Waals surface area contributed by atoms with E-state index < -0.39 is 0 Å². The molecule has 142 valence electrons. The second-order valence-corrected chi connectivity index (χ2v) is 7.47. The van der Waals surface area contributed by atoms with E-state index in [2.05, 4.69) is 24.4 Å². The average Bonchev–Trinajstić information content (AvgIpc) is 3.13. The molecule has 0 radical (unpaired) electrons. The van der Waals surface area contributed by atoms with E-state index in [1.165, 1.54) is 18.4 Å². The van der Waals surface area contributed by atoms with E-state index in [9.17, 15) is 9.59 Å². The van der Waals surface area contributed by atoms with Crippen molar-refractivity contribution in [3.8, 4) is 0 Å². The molecule has 1 aromatic carbocycles. The number of ether oxygens (including phenoxy) is 1. The number of carbonyl (C=O) groups is 2. The average molecular weight is 358 g/mol. The molecule has 2 amide bonds. The van der Waals surface area contributed by atoms with Crippen molar-refractivity contribution in [3.63, 3.8) is 0 Å². The van der Waals surface area contributed by atoms with Crippen LogP contribution >= 0.6 is 0 Å². The SMILES string of the molecule is CCCCCC(CCN1C(=O)N[C@H]2CC(=O)C[C@H]21)OCc1ccccc1. The molecule has 0 spiro atoms. The number of amides is 2. The number of nitrogens with zero attached hydrogens (tertiary/aromatic N) is 1. The fourth-order valence-electron chi connectivity index (χ4n) is 3.98. The first-order chi connectivity index (χ1) is 12.7. The lowest BCUT2D eigenvalue weighted by atomic mass is 10.1. The molecule has 1 saturated carbocycles. The van der Waals surface area contributed by atoms with Gasteiger partial charge in [0.15, 0.2) is 0 Å². The number of hydrogen-bond acceptors (Lipinski definition) is 3. The third-order valence-electron chi connectivity index (χ3n) is 5.47. The molecule has 0 bridgehead atoms. The van der Waals surface area contributed by atoms with Crippen LogP contribution in [-0.4, -0.2) is 41.4 Å². The van der Waals surface area contributed by atoms with Crippen molar-refractivity contribution in [3.05, 3.63) is 35.9 Å². The van der Waals surface area contributed by atoms with Gasteiger partial charge in [-0.3, -0.25) is 4.79 Å². The number of fused-ring (bicyclic) bond motifs is 1. The van der Waals surface area contributed by atoms with Gasteiger partial charge in [-0.15, -0.1) is 0 Å². The lowest BCUT2D eigenvalue weighted by molar-refractivity contribution is -0.117. The summed E-state index contributed by atoms with van der Waals surface area (Å²) in [6.45, 7) is 3.46. The van der Waals surface area contributed by atoms with Gasteiger partial charge in [-0.1, -0.05) is 56.5 Å². The maximum atomic E-state index is 12.2. The number of rotatable bonds is 10. The summed E-state index contributed by atoms with van der Waals surface area (Å²) in [6.07, 6.45) is 6.50. The maximum Gasteiger partial charge on any atom is 0.318 e. The van der Waals surface area contributed by atoms with Gasteiger partial charge < -0.3 is 15.0 Å². The Balaban J connectivity index is 1.52. The predicted molar refractivity (Wildman–Crippen MR) is 101 cm³/mol. The highest BCUT2D eigenvalue weighted by Crippen LogP contribution is 2.27. The second kappa shape index (κ2) is 9.17. The van der Waals surface area contributed by atoms with Crippen molar-refractivity contribution in [2.75, 3.05) is 6.54 Å². The zero-order chi connectivity index (χ0) is 18.4. The molecule has 1 aliphatic heterocycles. The molecule has 1 unspecified atom stereocenters. The van der Waals surface area contributed by atoms with E-state index in [4.69, 9.17) is 4.74 Å². The van der Waals surface area contributed by atoms with E-state index >= 15 is 0 Å². The van der Waals surface area contributed by atoms with Crippen LogP contribution in [0.5, 0.6) is 0 Å². The standard InChI is InChI=1S/C21H30N2O3/c1-2-3-5-10-18(26-15-16-8-6-4-7-9-16)11-12-23-20-14-17(24)13-19(20)22-21(23)25/h4,6-9,18-20H,2-3,5,10-15H2,1H3,(H,22,25)/t18?,19-,20+/m0/s1. The van der Waals surface area contributed by atoms with E-state index in [0.717, 1.165) is 19.3 Å². The Hall–Kier alpha value is -1.88. The minimum atomic E-state index is -0.0251. The number of nitrogens with one attached hydrogen (secondary N) is 1. The van der Waals surface area contributed by atoms with Crippen molar-refractivity contribution >= 4 is 11.8 Å². The quantitative estimate of drug-likeness (QED) is 0.649. The normalized spacial score (nSPS) is 23.2. The summed E-state index contributed by atoms with van der Waals surface area (Å²) < 4.78 is 6.18. The molecular formula is C21H30N2O3. The van der Waals surface area contributed by atoms with Gasteiger partial charge in [0.25, 0.3) is 0 Å². The van der Waals surface area contributed by atoms with Crippen LogP contribution in [0.1, 0.15) is 57.4 Å². The third kappa shape index (κ3) is 4.85. The van der Waals surface area contributed by atoms with Crippen molar-refractivity contribution in [1.29, 1.82) is 0 Å². The fourth-order valence-corrected chi connectivity index (χ4v) is 3.98. The van der Waals surface area contributed by atoms with Crippen LogP contribution in [0.2, 0.25) is 0 Å². The summed E-state index contributed by atoms with van der Waals surface area (Å²) in [7, 11) is 0. The van der Waals surface area contributed by atoms with E-state index in [1.54, 1.807) is 0 Å². The molecule has 2 fully saturated rings. The van der Waals surface area contributed by atoms with Gasteiger partial charge in [0.05, 0.1) is 24.8 Å². The number of unbranched alkanes of at least 4 members (excludes halogenated alkanes) is 2. The summed E-state index contributed by atoms with van der Waals surface area (Å²) in [4.78, 5) is 25.7. The molecule has 5 nitrogen and oxygen atoms in total. The molecule has 1 saturated heterocycles. The minimum absolute atomic E-state index is 0.0128. The molecule has 1 heterocycles. The molecule has 1 aromatic rings. The lowest BCUT2D eigenvalue weighted by Gasteiger charge is -2.25. The highest BCUT2D eigenvalue weighted by molar-refractivity contribution is 5.88. The van der Waals surface area contributed by atoms with E-state index in [1.807, 2.05) is 23.1 Å². The zero-order valence-electron chi connectivity index (χ0n) is 15.7.